The van der Waals surface area contributed by atoms with E-state index < -0.39 is 5.82 Å². The Morgan fingerprint density at radius 1 is 1.17 bits per heavy atom. The fourth-order valence-electron chi connectivity index (χ4n) is 2.09. The minimum atomic E-state index is -0.495. The van der Waals surface area contributed by atoms with Gasteiger partial charge in [0, 0.05) is 10.6 Å². The van der Waals surface area contributed by atoms with Crippen LogP contribution < -0.4 is 4.90 Å². The van der Waals surface area contributed by atoms with Crippen LogP contribution in [0.2, 0.25) is 10.0 Å². The molecule has 0 saturated carbocycles. The van der Waals surface area contributed by atoms with E-state index in [1.165, 1.54) is 23.1 Å². The van der Waals surface area contributed by atoms with E-state index in [1.807, 2.05) is 0 Å². The van der Waals surface area contributed by atoms with E-state index in [9.17, 15) is 9.18 Å². The zero-order valence-corrected chi connectivity index (χ0v) is 14.6. The fourth-order valence-corrected chi connectivity index (χ4v) is 3.77. The number of amides is 1. The third-order valence-electron chi connectivity index (χ3n) is 3.14. The lowest BCUT2D eigenvalue weighted by Gasteiger charge is -2.14. The number of carbonyl (C=O) groups is 1. The summed E-state index contributed by atoms with van der Waals surface area (Å²) in [7, 11) is 0. The number of hydrogen-bond acceptors (Lipinski definition) is 3. The van der Waals surface area contributed by atoms with Gasteiger partial charge >= 0.3 is 0 Å². The summed E-state index contributed by atoms with van der Waals surface area (Å²) in [6.45, 7) is 0. The second kappa shape index (κ2) is 6.61. The minimum Gasteiger partial charge on any atom is -0.268 e. The molecule has 2 aromatic carbocycles. The zero-order chi connectivity index (χ0) is 16.6. The average Bonchev–Trinajstić information content (AvgIpc) is 2.77. The van der Waals surface area contributed by atoms with E-state index in [2.05, 4.69) is 0 Å². The van der Waals surface area contributed by atoms with E-state index in [-0.39, 0.29) is 16.5 Å². The minimum absolute atomic E-state index is 0.167. The van der Waals surface area contributed by atoms with Crippen molar-refractivity contribution in [1.29, 1.82) is 0 Å². The maximum Gasteiger partial charge on any atom is 0.270 e. The molecule has 0 aromatic heterocycles. The molecule has 1 aliphatic rings. The first kappa shape index (κ1) is 16.5. The molecule has 0 aliphatic carbocycles. The standard InChI is InChI=1S/C16H8Cl2FNOS2/c17-9-3-1-4-10(7-9)20-15(21)14(23-16(20)22)8-11-12(18)5-2-6-13(11)19/h1-8H. The molecular formula is C16H8Cl2FNOS2. The van der Waals surface area contributed by atoms with E-state index in [4.69, 9.17) is 35.4 Å². The van der Waals surface area contributed by atoms with Gasteiger partial charge in [-0.05, 0) is 36.4 Å². The maximum absolute atomic E-state index is 13.9. The number of carbonyl (C=O) groups excluding carboxylic acids is 1. The summed E-state index contributed by atoms with van der Waals surface area (Å²) in [5, 5.41) is 0.732. The van der Waals surface area contributed by atoms with Crippen LogP contribution in [0.5, 0.6) is 0 Å². The molecule has 2 aromatic rings. The van der Waals surface area contributed by atoms with Crippen molar-refractivity contribution >= 4 is 69.2 Å². The van der Waals surface area contributed by atoms with Gasteiger partial charge in [-0.1, -0.05) is 59.3 Å². The van der Waals surface area contributed by atoms with Crippen molar-refractivity contribution in [2.45, 2.75) is 0 Å². The van der Waals surface area contributed by atoms with Crippen molar-refractivity contribution in [3.8, 4) is 0 Å². The van der Waals surface area contributed by atoms with Crippen LogP contribution in [0, 0.1) is 5.82 Å². The van der Waals surface area contributed by atoms with Crippen LogP contribution in [0.1, 0.15) is 5.56 Å². The summed E-state index contributed by atoms with van der Waals surface area (Å²) in [6, 6.07) is 11.2. The highest BCUT2D eigenvalue weighted by Crippen LogP contribution is 2.37. The van der Waals surface area contributed by atoms with Crippen molar-refractivity contribution in [2.75, 3.05) is 4.90 Å². The first-order chi connectivity index (χ1) is 11.0. The van der Waals surface area contributed by atoms with Gasteiger partial charge in [0.2, 0.25) is 0 Å². The SMILES string of the molecule is O=C1C(=Cc2c(F)cccc2Cl)SC(=S)N1c1cccc(Cl)c1. The van der Waals surface area contributed by atoms with Gasteiger partial charge in [-0.2, -0.15) is 0 Å². The molecule has 0 atom stereocenters. The summed E-state index contributed by atoms with van der Waals surface area (Å²) in [4.78, 5) is 14.3. The first-order valence-electron chi connectivity index (χ1n) is 6.45. The summed E-state index contributed by atoms with van der Waals surface area (Å²) in [6.07, 6.45) is 1.42. The number of thiocarbonyl (C=S) groups is 1. The van der Waals surface area contributed by atoms with Crippen molar-refractivity contribution in [3.63, 3.8) is 0 Å². The Kier molecular flexibility index (Phi) is 4.73. The van der Waals surface area contributed by atoms with Crippen molar-refractivity contribution in [1.82, 2.24) is 0 Å². The lowest BCUT2D eigenvalue weighted by Crippen LogP contribution is -2.27. The van der Waals surface area contributed by atoms with Gasteiger partial charge in [0.25, 0.3) is 5.91 Å². The predicted octanol–water partition coefficient (Wildman–Crippen LogP) is 5.54. The normalized spacial score (nSPS) is 16.5. The molecule has 1 fully saturated rings. The lowest BCUT2D eigenvalue weighted by molar-refractivity contribution is -0.113. The quantitative estimate of drug-likeness (QED) is 0.501. The topological polar surface area (TPSA) is 20.3 Å². The molecule has 0 radical (unpaired) electrons. The largest absolute Gasteiger partial charge is 0.270 e. The van der Waals surface area contributed by atoms with Gasteiger partial charge in [-0.15, -0.1) is 0 Å². The molecule has 1 amide bonds. The molecule has 0 spiro atoms. The van der Waals surface area contributed by atoms with E-state index in [0.29, 0.717) is 19.9 Å². The highest BCUT2D eigenvalue weighted by atomic mass is 35.5. The van der Waals surface area contributed by atoms with Gasteiger partial charge in [-0.25, -0.2) is 4.39 Å². The second-order valence-corrected chi connectivity index (χ2v) is 7.15. The van der Waals surface area contributed by atoms with E-state index in [1.54, 1.807) is 30.3 Å². The van der Waals surface area contributed by atoms with Crippen LogP contribution in [0.25, 0.3) is 6.08 Å². The number of anilines is 1. The Labute approximate surface area is 151 Å². The number of thioether (sulfide) groups is 1. The van der Waals surface area contributed by atoms with E-state index in [0.717, 1.165) is 11.8 Å². The summed E-state index contributed by atoms with van der Waals surface area (Å²) in [5.41, 5.74) is 0.740. The number of nitrogens with zero attached hydrogens (tertiary/aromatic N) is 1. The Morgan fingerprint density at radius 2 is 1.91 bits per heavy atom. The number of halogens is 3. The maximum atomic E-state index is 13.9. The second-order valence-electron chi connectivity index (χ2n) is 4.63. The van der Waals surface area contributed by atoms with Gasteiger partial charge in [0.15, 0.2) is 4.32 Å². The van der Waals surface area contributed by atoms with Crippen LogP contribution in [0.15, 0.2) is 47.4 Å². The number of benzene rings is 2. The molecule has 1 heterocycles. The molecular weight excluding hydrogens is 376 g/mol. The van der Waals surface area contributed by atoms with Crippen molar-refractivity contribution < 1.29 is 9.18 Å². The summed E-state index contributed by atoms with van der Waals surface area (Å²) in [5.74, 6) is -0.827. The monoisotopic (exact) mass is 383 g/mol. The molecule has 0 N–H and O–H groups in total. The number of hydrogen-bond donors (Lipinski definition) is 0. The molecule has 116 valence electrons. The highest BCUT2D eigenvalue weighted by Gasteiger charge is 2.33. The summed E-state index contributed by atoms with van der Waals surface area (Å²) < 4.78 is 14.2. The first-order valence-corrected chi connectivity index (χ1v) is 8.43. The van der Waals surface area contributed by atoms with Gasteiger partial charge in [-0.3, -0.25) is 9.69 Å². The fraction of sp³-hybridized carbons (Fsp3) is 0. The van der Waals surface area contributed by atoms with Crippen LogP contribution in [0.4, 0.5) is 10.1 Å². The smallest absolute Gasteiger partial charge is 0.268 e. The third-order valence-corrected chi connectivity index (χ3v) is 5.00. The molecule has 23 heavy (non-hydrogen) atoms. The molecule has 2 nitrogen and oxygen atoms in total. The molecule has 0 unspecified atom stereocenters. The molecule has 3 rings (SSSR count). The summed E-state index contributed by atoms with van der Waals surface area (Å²) >= 11 is 18.3. The molecule has 7 heteroatoms. The lowest BCUT2D eigenvalue weighted by atomic mass is 10.2. The highest BCUT2D eigenvalue weighted by molar-refractivity contribution is 8.27. The number of rotatable bonds is 2. The van der Waals surface area contributed by atoms with Gasteiger partial charge in [0.05, 0.1) is 15.6 Å². The van der Waals surface area contributed by atoms with Gasteiger partial charge < -0.3 is 0 Å². The Bertz CT molecular complexity index is 833. The molecule has 0 bridgehead atoms. The third kappa shape index (κ3) is 3.28. The Morgan fingerprint density at radius 3 is 2.61 bits per heavy atom. The Balaban J connectivity index is 2.00. The van der Waals surface area contributed by atoms with Gasteiger partial charge in [0.1, 0.15) is 5.82 Å². The van der Waals surface area contributed by atoms with E-state index >= 15 is 0 Å². The van der Waals surface area contributed by atoms with Crippen molar-refractivity contribution in [2.24, 2.45) is 0 Å². The average molecular weight is 384 g/mol. The van der Waals surface area contributed by atoms with Crippen LogP contribution in [-0.4, -0.2) is 10.2 Å². The van der Waals surface area contributed by atoms with Crippen LogP contribution >= 0.6 is 47.2 Å². The van der Waals surface area contributed by atoms with Crippen LogP contribution in [0.3, 0.4) is 0 Å². The predicted molar refractivity (Wildman–Crippen MR) is 98.5 cm³/mol. The molecule has 1 aliphatic heterocycles. The zero-order valence-electron chi connectivity index (χ0n) is 11.4. The van der Waals surface area contributed by atoms with Crippen LogP contribution in [-0.2, 0) is 4.79 Å². The molecule has 1 saturated heterocycles. The Hall–Kier alpha value is -1.40. The van der Waals surface area contributed by atoms with Crippen molar-refractivity contribution in [3.05, 3.63) is 68.8 Å².